The van der Waals surface area contributed by atoms with Crippen LogP contribution in [0, 0.1) is 74.9 Å². The molecule has 1 aliphatic carbocycles. The Morgan fingerprint density at radius 1 is 0.433 bits per heavy atom. The fourth-order valence-corrected chi connectivity index (χ4v) is 5.00. The Balaban J connectivity index is -0.000000139. The van der Waals surface area contributed by atoms with E-state index in [0.717, 1.165) is 25.7 Å². The highest BCUT2D eigenvalue weighted by atomic mass is 16.6. The van der Waals surface area contributed by atoms with Crippen molar-refractivity contribution in [2.24, 2.45) is 38.4 Å². The van der Waals surface area contributed by atoms with Crippen LogP contribution in [0.4, 0.5) is 0 Å². The van der Waals surface area contributed by atoms with E-state index in [-0.39, 0.29) is 108 Å². The number of epoxide rings is 1. The van der Waals surface area contributed by atoms with Gasteiger partial charge in [-0.2, -0.15) is 0 Å². The van der Waals surface area contributed by atoms with Gasteiger partial charge >= 0.3 is 0 Å². The summed E-state index contributed by atoms with van der Waals surface area (Å²) in [4.78, 5) is 109. The van der Waals surface area contributed by atoms with E-state index in [1.54, 1.807) is 26.8 Å². The van der Waals surface area contributed by atoms with Crippen LogP contribution in [-0.4, -0.2) is 93.2 Å². The fraction of sp³-hybridized carbons (Fsp3) is 0.760. The smallest absolute Gasteiger partial charge is 0.296 e. The van der Waals surface area contributed by atoms with E-state index in [9.17, 15) is 47.9 Å². The monoisotopic (exact) mass is 1270 g/mol. The summed E-state index contributed by atoms with van der Waals surface area (Å²) in [5.74, 6) is 10.8. The summed E-state index contributed by atoms with van der Waals surface area (Å²) in [6.45, 7) is 69.8. The summed E-state index contributed by atoms with van der Waals surface area (Å²) in [7, 11) is 0. The van der Waals surface area contributed by atoms with Crippen LogP contribution in [-0.2, 0) is 52.7 Å². The zero-order valence-corrected chi connectivity index (χ0v) is 64.3. The first-order valence-electron chi connectivity index (χ1n) is 32.0. The number of allylic oxidation sites excluding steroid dienone is 2. The highest BCUT2D eigenvalue weighted by molar-refractivity contribution is 5.99. The highest BCUT2D eigenvalue weighted by Gasteiger charge is 2.38. The second kappa shape index (κ2) is 46.4. The molecule has 4 amide bonds. The Labute approximate surface area is 552 Å². The van der Waals surface area contributed by atoms with Crippen LogP contribution >= 0.6 is 0 Å². The molecule has 0 aromatic rings. The number of carbonyl (C=O) groups is 10. The van der Waals surface area contributed by atoms with Gasteiger partial charge in [0.15, 0.2) is 11.6 Å². The van der Waals surface area contributed by atoms with Crippen molar-refractivity contribution in [2.75, 3.05) is 6.61 Å². The number of amides is 4. The molecule has 1 heterocycles. The summed E-state index contributed by atoms with van der Waals surface area (Å²) < 4.78 is 4.85. The number of rotatable bonds is 8. The number of nitrogens with one attached hydrogen (secondary N) is 4. The third-order valence-corrected chi connectivity index (χ3v) is 10.5. The molecule has 1 aliphatic heterocycles. The van der Waals surface area contributed by atoms with Crippen LogP contribution < -0.4 is 21.3 Å². The molecule has 1 unspecified atom stereocenters. The summed E-state index contributed by atoms with van der Waals surface area (Å²) >= 11 is 0. The lowest BCUT2D eigenvalue weighted by Gasteiger charge is -2.20. The predicted molar refractivity (Wildman–Crippen MR) is 377 cm³/mol. The van der Waals surface area contributed by atoms with E-state index in [2.05, 4.69) is 39.0 Å². The molecule has 0 aromatic heterocycles. The topological polar surface area (TPSA) is 231 Å². The molecular weight excluding hydrogens is 1130 g/mol. The maximum Gasteiger partial charge on any atom is 0.296 e. The number of hydrogen-bond donors (Lipinski definition) is 4. The average Bonchev–Trinajstić information content (AvgIpc) is 2.29. The van der Waals surface area contributed by atoms with Gasteiger partial charge in [0.05, 0.1) is 6.61 Å². The summed E-state index contributed by atoms with van der Waals surface area (Å²) in [5, 5.41) is 11.2. The normalized spacial score (nSPS) is 13.3. The largest absolute Gasteiger partial charge is 0.365 e. The maximum absolute atomic E-state index is 11.1. The lowest BCUT2D eigenvalue weighted by atomic mass is 9.89. The zero-order valence-electron chi connectivity index (χ0n) is 64.3. The van der Waals surface area contributed by atoms with Crippen molar-refractivity contribution in [3.8, 4) is 36.5 Å². The molecule has 4 N–H and O–H groups in total. The lowest BCUT2D eigenvalue weighted by Crippen LogP contribution is -2.41. The minimum absolute atomic E-state index is 0.0225. The molecule has 0 aromatic carbocycles. The quantitative estimate of drug-likeness (QED) is 0.0773. The first-order chi connectivity index (χ1) is 39.8. The van der Waals surface area contributed by atoms with Gasteiger partial charge in [-0.25, -0.2) is 0 Å². The maximum atomic E-state index is 11.1. The summed E-state index contributed by atoms with van der Waals surface area (Å²) in [6.07, 6.45) is 19.5. The average molecular weight is 1270 g/mol. The third-order valence-electron chi connectivity index (χ3n) is 10.5. The molecule has 522 valence electrons. The molecule has 0 bridgehead atoms. The Morgan fingerprint density at radius 2 is 0.767 bits per heavy atom. The number of carbonyl (C=O) groups excluding carboxylic acids is 10. The van der Waals surface area contributed by atoms with E-state index < -0.39 is 0 Å². The Bertz CT molecular complexity index is 2290. The van der Waals surface area contributed by atoms with Crippen molar-refractivity contribution in [2.45, 2.75) is 329 Å². The number of hydrogen-bond acceptors (Lipinski definition) is 11. The Kier molecular flexibility index (Phi) is 51.7. The number of ether oxygens (including phenoxy) is 1. The molecule has 2 aliphatic rings. The van der Waals surface area contributed by atoms with E-state index >= 15 is 0 Å². The molecular formula is C75H136N4O11. The van der Waals surface area contributed by atoms with Crippen molar-refractivity contribution in [3.05, 3.63) is 12.2 Å². The van der Waals surface area contributed by atoms with Crippen LogP contribution in [0.25, 0.3) is 0 Å². The highest BCUT2D eigenvalue weighted by Crippen LogP contribution is 2.29. The van der Waals surface area contributed by atoms with Crippen LogP contribution in [0.2, 0.25) is 0 Å². The second-order valence-electron chi connectivity index (χ2n) is 32.0. The van der Waals surface area contributed by atoms with Crippen LogP contribution in [0.15, 0.2) is 12.2 Å². The van der Waals surface area contributed by atoms with Gasteiger partial charge < -0.3 is 26.0 Å². The van der Waals surface area contributed by atoms with Crippen LogP contribution in [0.1, 0.15) is 301 Å². The molecule has 90 heavy (non-hydrogen) atoms. The zero-order chi connectivity index (χ0) is 74.1. The first kappa shape index (κ1) is 100. The SMILES string of the molecule is C#CC(=O)C(C)(C)C.C#CC(=O)NC(C)(C)C.CC(C)(C)C(=O)C1CO1.CC(C)(C)NC(=O)C1CC1.CC/C=C/C(=O)C(C)(C)C.CCC#CC(=O)C(C)(C)C.CCC(=O)C(C)(C)C.CCC(=O)C(C)(C)C.CCC(=O)NC(C)(C)C.CCC(=O)NC(C)(C)C. The second-order valence-corrected chi connectivity index (χ2v) is 32.0. The summed E-state index contributed by atoms with van der Waals surface area (Å²) in [6, 6.07) is 0. The van der Waals surface area contributed by atoms with E-state index in [4.69, 9.17) is 17.6 Å². The standard InChI is InChI=1S/C9H16O.C9H14O.C8H15NO.2C7H15NO.C7H11NO.C7H12O2.2C7H14O.C7H10O/c2*1-5-6-7-8(10)9(2,3)4;1-8(2,3)9-7(10)6-4-5-6;3*1-5-6(9)8-7(2,3)4;1-7(2,3)6(8)5-4-9-5;3*1-5-6(8)7(2,3)4/h6-7H,5H2,1-4H3;5H2,1-4H3;6H,4-5H2,1-3H3,(H,9,10);2*5H2,1-4H3,(H,8,9);1H,2-4H3,(H,8,9);5H,4H2,1-3H3;2*5H2,1-4H3;1H,2-4H3/b7-6+;;;;;;;;;. The fourth-order valence-electron chi connectivity index (χ4n) is 5.00. The molecule has 15 heteroatoms. The molecule has 1 saturated carbocycles. The van der Waals surface area contributed by atoms with Gasteiger partial charge in [-0.3, -0.25) is 47.9 Å². The van der Waals surface area contributed by atoms with Crippen LogP contribution in [0.3, 0.4) is 0 Å². The molecule has 0 spiro atoms. The van der Waals surface area contributed by atoms with E-state index in [0.29, 0.717) is 49.8 Å². The number of terminal acetylenes is 2. The molecule has 0 radical (unpaired) electrons. The van der Waals surface area contributed by atoms with Gasteiger partial charge in [0.2, 0.25) is 29.3 Å². The van der Waals surface area contributed by atoms with Gasteiger partial charge in [-0.05, 0) is 126 Å². The summed E-state index contributed by atoms with van der Waals surface area (Å²) in [5.41, 5.74) is -1.80. The van der Waals surface area contributed by atoms with Crippen molar-refractivity contribution >= 4 is 58.3 Å². The van der Waals surface area contributed by atoms with Crippen LogP contribution in [0.5, 0.6) is 0 Å². The minimum Gasteiger partial charge on any atom is -0.365 e. The number of ketones is 6. The minimum atomic E-state index is -0.366. The van der Waals surface area contributed by atoms with Crippen molar-refractivity contribution in [3.63, 3.8) is 0 Å². The molecule has 1 saturated heterocycles. The molecule has 1 atom stereocenters. The van der Waals surface area contributed by atoms with Gasteiger partial charge in [-0.1, -0.05) is 178 Å². The molecule has 15 nitrogen and oxygen atoms in total. The van der Waals surface area contributed by atoms with E-state index in [1.807, 2.05) is 240 Å². The third kappa shape index (κ3) is 76.5. The predicted octanol–water partition coefficient (Wildman–Crippen LogP) is 15.3. The van der Waals surface area contributed by atoms with Crippen molar-refractivity contribution < 1.29 is 52.7 Å². The van der Waals surface area contributed by atoms with Gasteiger partial charge in [0.1, 0.15) is 17.7 Å². The first-order valence-corrected chi connectivity index (χ1v) is 32.0. The lowest BCUT2D eigenvalue weighted by molar-refractivity contribution is -0.127. The Hall–Kier alpha value is -5.72. The Morgan fingerprint density at radius 3 is 0.900 bits per heavy atom. The molecule has 2 fully saturated rings. The number of Topliss-reactive ketones (excluding diaryl/α,β-unsaturated/α-hetero) is 5. The van der Waals surface area contributed by atoms with Gasteiger partial charge in [-0.15, -0.1) is 12.8 Å². The van der Waals surface area contributed by atoms with Gasteiger partial charge in [0.25, 0.3) is 5.91 Å². The van der Waals surface area contributed by atoms with Crippen molar-refractivity contribution in [1.29, 1.82) is 0 Å². The molecule has 2 rings (SSSR count). The van der Waals surface area contributed by atoms with Gasteiger partial charge in [0, 0.05) is 92.7 Å². The van der Waals surface area contributed by atoms with E-state index in [1.165, 1.54) is 0 Å². The van der Waals surface area contributed by atoms with Crippen molar-refractivity contribution in [1.82, 2.24) is 21.3 Å².